The monoisotopic (exact) mass is 370 g/mol. The van der Waals surface area contributed by atoms with Crippen LogP contribution in [0, 0.1) is 5.92 Å². The molecule has 0 radical (unpaired) electrons. The maximum absolute atomic E-state index is 12.5. The van der Waals surface area contributed by atoms with Gasteiger partial charge in [-0.15, -0.1) is 11.3 Å². The minimum atomic E-state index is -0.290. The Balaban J connectivity index is 1.58. The van der Waals surface area contributed by atoms with Gasteiger partial charge in [0.05, 0.1) is 22.3 Å². The summed E-state index contributed by atoms with van der Waals surface area (Å²) in [5, 5.41) is 8.12. The predicted octanol–water partition coefficient (Wildman–Crippen LogP) is 3.51. The summed E-state index contributed by atoms with van der Waals surface area (Å²) < 4.78 is 1.44. The Bertz CT molecular complexity index is 967. The molecular formula is C19H22N4O2S. The summed E-state index contributed by atoms with van der Waals surface area (Å²) >= 11 is 1.60. The zero-order valence-corrected chi connectivity index (χ0v) is 15.5. The molecule has 1 atom stereocenters. The third kappa shape index (κ3) is 3.31. The number of carbonyl (C=O) groups is 1. The summed E-state index contributed by atoms with van der Waals surface area (Å²) in [6, 6.07) is 7.03. The van der Waals surface area contributed by atoms with Crippen LogP contribution in [0.4, 0.5) is 0 Å². The maximum atomic E-state index is 12.5. The Morgan fingerprint density at radius 1 is 1.35 bits per heavy atom. The average molecular weight is 370 g/mol. The van der Waals surface area contributed by atoms with Crippen molar-refractivity contribution in [3.63, 3.8) is 0 Å². The summed E-state index contributed by atoms with van der Waals surface area (Å²) in [4.78, 5) is 30.6. The first-order valence-corrected chi connectivity index (χ1v) is 9.97. The summed E-state index contributed by atoms with van der Waals surface area (Å²) in [6.45, 7) is 1.88. The molecule has 136 valence electrons. The van der Waals surface area contributed by atoms with Crippen molar-refractivity contribution in [2.75, 3.05) is 0 Å². The van der Waals surface area contributed by atoms with Crippen molar-refractivity contribution in [3.05, 3.63) is 45.7 Å². The van der Waals surface area contributed by atoms with Gasteiger partial charge in [-0.05, 0) is 31.2 Å². The van der Waals surface area contributed by atoms with Gasteiger partial charge in [-0.3, -0.25) is 14.7 Å². The lowest BCUT2D eigenvalue weighted by atomic mass is 9.88. The molecule has 4 rings (SSSR count). The Hall–Kier alpha value is -2.41. The van der Waals surface area contributed by atoms with Crippen molar-refractivity contribution in [3.8, 4) is 10.6 Å². The van der Waals surface area contributed by atoms with Crippen LogP contribution in [0.2, 0.25) is 0 Å². The molecule has 1 saturated carbocycles. The molecule has 1 amide bonds. The number of hydrogen-bond donors (Lipinski definition) is 2. The van der Waals surface area contributed by atoms with Crippen LogP contribution >= 0.6 is 11.3 Å². The second-order valence-electron chi connectivity index (χ2n) is 6.93. The van der Waals surface area contributed by atoms with E-state index < -0.39 is 0 Å². The van der Waals surface area contributed by atoms with Crippen molar-refractivity contribution in [2.24, 2.45) is 5.92 Å². The number of nitrogens with zero attached hydrogens (tertiary/aromatic N) is 2. The van der Waals surface area contributed by atoms with E-state index in [1.54, 1.807) is 11.3 Å². The zero-order valence-electron chi connectivity index (χ0n) is 14.7. The zero-order chi connectivity index (χ0) is 18.1. The fourth-order valence-corrected chi connectivity index (χ4v) is 4.25. The first-order valence-electron chi connectivity index (χ1n) is 9.09. The lowest BCUT2D eigenvalue weighted by Crippen LogP contribution is -2.34. The molecule has 3 heterocycles. The highest BCUT2D eigenvalue weighted by Gasteiger charge is 2.23. The van der Waals surface area contributed by atoms with Crippen LogP contribution in [0.25, 0.3) is 16.2 Å². The van der Waals surface area contributed by atoms with Gasteiger partial charge in [-0.25, -0.2) is 9.50 Å². The van der Waals surface area contributed by atoms with Gasteiger partial charge >= 0.3 is 0 Å². The highest BCUT2D eigenvalue weighted by molar-refractivity contribution is 7.13. The molecule has 0 unspecified atom stereocenters. The minimum Gasteiger partial charge on any atom is -0.348 e. The van der Waals surface area contributed by atoms with E-state index in [0.717, 1.165) is 36.3 Å². The van der Waals surface area contributed by atoms with Crippen LogP contribution in [0.5, 0.6) is 0 Å². The standard InChI is InChI=1S/C19H22N4O2S/c1-12(20-19(25)13-6-3-2-4-7-13)14-11-18(24)23-17(21-14)10-15(22-23)16-8-5-9-26-16/h5,8-13,22H,2-4,6-7H2,1H3,(H,20,25)/t12-/m1/s1. The van der Waals surface area contributed by atoms with E-state index in [-0.39, 0.29) is 23.4 Å². The van der Waals surface area contributed by atoms with Gasteiger partial charge in [0.1, 0.15) is 0 Å². The fourth-order valence-electron chi connectivity index (χ4n) is 3.56. The van der Waals surface area contributed by atoms with E-state index in [1.165, 1.54) is 17.0 Å². The third-order valence-electron chi connectivity index (χ3n) is 5.04. The number of aromatic nitrogens is 3. The number of carbonyl (C=O) groups excluding carboxylic acids is 1. The largest absolute Gasteiger partial charge is 0.348 e. The van der Waals surface area contributed by atoms with Gasteiger partial charge in [0.25, 0.3) is 5.56 Å². The Morgan fingerprint density at radius 3 is 2.88 bits per heavy atom. The topological polar surface area (TPSA) is 79.3 Å². The van der Waals surface area contributed by atoms with Gasteiger partial charge in [-0.2, -0.15) is 0 Å². The average Bonchev–Trinajstić information content (AvgIpc) is 3.31. The molecule has 0 spiro atoms. The molecule has 26 heavy (non-hydrogen) atoms. The van der Waals surface area contributed by atoms with Gasteiger partial charge in [0.15, 0.2) is 5.65 Å². The van der Waals surface area contributed by atoms with Crippen molar-refractivity contribution < 1.29 is 4.79 Å². The molecule has 0 bridgehead atoms. The summed E-state index contributed by atoms with van der Waals surface area (Å²) in [5.74, 6) is 0.168. The van der Waals surface area contributed by atoms with Crippen LogP contribution in [0.3, 0.4) is 0 Å². The van der Waals surface area contributed by atoms with Gasteiger partial charge in [0, 0.05) is 18.1 Å². The molecule has 0 aromatic carbocycles. The van der Waals surface area contributed by atoms with Gasteiger partial charge < -0.3 is 5.32 Å². The molecule has 0 saturated heterocycles. The van der Waals surface area contributed by atoms with Crippen LogP contribution in [0.1, 0.15) is 50.8 Å². The van der Waals surface area contributed by atoms with E-state index >= 15 is 0 Å². The molecule has 3 aromatic heterocycles. The van der Waals surface area contributed by atoms with E-state index in [1.807, 2.05) is 30.5 Å². The normalized spacial score (nSPS) is 16.7. The highest BCUT2D eigenvalue weighted by atomic mass is 32.1. The number of fused-ring (bicyclic) bond motifs is 1. The van der Waals surface area contributed by atoms with Crippen molar-refractivity contribution in [2.45, 2.75) is 45.1 Å². The number of nitrogens with one attached hydrogen (secondary N) is 2. The molecule has 1 fully saturated rings. The summed E-state index contributed by atoms with van der Waals surface area (Å²) in [6.07, 6.45) is 5.36. The lowest BCUT2D eigenvalue weighted by molar-refractivity contribution is -0.126. The number of aromatic amines is 1. The maximum Gasteiger partial charge on any atom is 0.272 e. The van der Waals surface area contributed by atoms with E-state index in [2.05, 4.69) is 15.4 Å². The Morgan fingerprint density at radius 2 is 2.15 bits per heavy atom. The van der Waals surface area contributed by atoms with Crippen molar-refractivity contribution >= 4 is 22.9 Å². The molecule has 1 aliphatic carbocycles. The number of H-pyrrole nitrogens is 1. The van der Waals surface area contributed by atoms with Gasteiger partial charge in [0.2, 0.25) is 5.91 Å². The summed E-state index contributed by atoms with van der Waals surface area (Å²) in [5.41, 5.74) is 1.85. The van der Waals surface area contributed by atoms with Crippen molar-refractivity contribution in [1.29, 1.82) is 0 Å². The molecular weight excluding hydrogens is 348 g/mol. The first-order chi connectivity index (χ1) is 12.6. The molecule has 1 aliphatic rings. The molecule has 7 heteroatoms. The minimum absolute atomic E-state index is 0.0764. The summed E-state index contributed by atoms with van der Waals surface area (Å²) in [7, 11) is 0. The third-order valence-corrected chi connectivity index (χ3v) is 5.94. The Labute approximate surface area is 155 Å². The number of thiophene rings is 1. The smallest absolute Gasteiger partial charge is 0.272 e. The van der Waals surface area contributed by atoms with Crippen molar-refractivity contribution in [1.82, 2.24) is 19.9 Å². The number of rotatable bonds is 4. The fraction of sp³-hybridized carbons (Fsp3) is 0.421. The van der Waals surface area contributed by atoms with E-state index in [4.69, 9.17) is 0 Å². The highest BCUT2D eigenvalue weighted by Crippen LogP contribution is 2.25. The molecule has 3 aromatic rings. The second kappa shape index (κ2) is 7.07. The predicted molar refractivity (Wildman–Crippen MR) is 102 cm³/mol. The van der Waals surface area contributed by atoms with Gasteiger partial charge in [-0.1, -0.05) is 25.3 Å². The lowest BCUT2D eigenvalue weighted by Gasteiger charge is -2.23. The Kier molecular flexibility index (Phi) is 4.63. The SMILES string of the molecule is C[C@@H](NC(=O)C1CCCCC1)c1cc(=O)n2[nH]c(-c3cccs3)cc2n1. The molecule has 2 N–H and O–H groups in total. The van der Waals surface area contributed by atoms with E-state index in [9.17, 15) is 9.59 Å². The number of hydrogen-bond acceptors (Lipinski definition) is 4. The quantitative estimate of drug-likeness (QED) is 0.738. The van der Waals surface area contributed by atoms with Crippen LogP contribution in [0.15, 0.2) is 34.4 Å². The van der Waals surface area contributed by atoms with Crippen LogP contribution in [-0.2, 0) is 4.79 Å². The first kappa shape index (κ1) is 17.0. The molecule has 0 aliphatic heterocycles. The van der Waals surface area contributed by atoms with E-state index in [0.29, 0.717) is 11.3 Å². The number of amides is 1. The van der Waals surface area contributed by atoms with Crippen LogP contribution < -0.4 is 10.9 Å². The second-order valence-corrected chi connectivity index (χ2v) is 7.87. The van der Waals surface area contributed by atoms with Crippen LogP contribution in [-0.4, -0.2) is 20.5 Å². The molecule has 6 nitrogen and oxygen atoms in total.